The van der Waals surface area contributed by atoms with Crippen molar-refractivity contribution in [3.05, 3.63) is 244 Å². The molecule has 0 saturated carbocycles. The largest absolute Gasteiger partial charge is 0.308 e. The fourth-order valence-corrected chi connectivity index (χ4v) is 15.4. The van der Waals surface area contributed by atoms with Gasteiger partial charge in [0.05, 0.1) is 5.69 Å². The van der Waals surface area contributed by atoms with Gasteiger partial charge in [0.15, 0.2) is 18.6 Å². The predicted molar refractivity (Wildman–Crippen MR) is 415 cm³/mol. The monoisotopic (exact) mass is 1420 g/mol. The fourth-order valence-electron chi connectivity index (χ4n) is 15.4. The molecule has 0 radical (unpaired) electrons. The van der Waals surface area contributed by atoms with Crippen LogP contribution in [0.1, 0.15) is 98.7 Å². The Kier molecular flexibility index (Phi) is 14.5. The molecule has 19 nitrogen and oxygen atoms in total. The number of pyridine rings is 7. The van der Waals surface area contributed by atoms with Gasteiger partial charge in [-0.25, -0.2) is 19.9 Å². The molecule has 0 atom stereocenters. The Labute approximate surface area is 637 Å². The van der Waals surface area contributed by atoms with Gasteiger partial charge in [0.25, 0.3) is 34.2 Å². The number of aryl methyl sites for hydroxylation is 21. The summed E-state index contributed by atoms with van der Waals surface area (Å²) in [4.78, 5) is 17.6. The number of hydrogen-bond acceptors (Lipinski definition) is 4. The maximum absolute atomic E-state index is 8.16. The molecule has 15 heterocycles. The lowest BCUT2D eigenvalue weighted by molar-refractivity contribution is -0.685. The first kappa shape index (κ1) is 54.9. The molecule has 0 amide bonds. The van der Waals surface area contributed by atoms with Crippen LogP contribution >= 0.6 is 0 Å². The molecule has 0 unspecified atom stereocenters. The summed E-state index contributed by atoms with van der Waals surface area (Å²) in [6.45, 7) is 6.52. The van der Waals surface area contributed by atoms with E-state index in [0.717, 1.165) is 102 Å². The third-order valence-electron chi connectivity index (χ3n) is 20.4. The number of aromatic nitrogens is 19. The smallest absolute Gasteiger partial charge is 0.280 e. The average molecular weight is 1420 g/mol. The van der Waals surface area contributed by atoms with Gasteiger partial charge in [-0.15, -0.1) is 0 Å². The zero-order valence-corrected chi connectivity index (χ0v) is 63.6. The zero-order chi connectivity index (χ0) is 87.7. The number of nitrogens with zero attached hydrogens (tertiary/aromatic N) is 19. The minimum atomic E-state index is -2.39. The van der Waals surface area contributed by atoms with E-state index in [1.54, 1.807) is 59.7 Å². The summed E-state index contributed by atoms with van der Waals surface area (Å²) in [5, 5.41) is 0. The Hall–Kier alpha value is -11.7. The van der Waals surface area contributed by atoms with E-state index >= 15 is 0 Å². The lowest BCUT2D eigenvalue weighted by Gasteiger charge is -2.13. The molecule has 15 aromatic heterocycles. The Morgan fingerprint density at radius 1 is 0.343 bits per heavy atom. The first-order valence-corrected chi connectivity index (χ1v) is 34.7. The van der Waals surface area contributed by atoms with Gasteiger partial charge < -0.3 is 18.3 Å². The number of benzene rings is 1. The van der Waals surface area contributed by atoms with Crippen LogP contribution in [-0.2, 0) is 77.5 Å². The summed E-state index contributed by atoms with van der Waals surface area (Å²) < 4.78 is 150. The van der Waals surface area contributed by atoms with Crippen LogP contribution < -0.4 is 32.0 Å². The maximum atomic E-state index is 8.16. The second kappa shape index (κ2) is 27.8. The van der Waals surface area contributed by atoms with Gasteiger partial charge >= 0.3 is 0 Å². The summed E-state index contributed by atoms with van der Waals surface area (Å²) in [7, 11) is 21.3. The SMILES string of the molecule is Cc1ccc(-c2c(C)cc(C)c(-c3cn4ccnc4n3C)[n+]2C)[n+](C)c1.[2H]C([2H])([2H])c1cc(C)c(-c2cn3c(C)c(C([2H])([2H])[2H])nc3n2C)[n+](C)c1-c1cccc[n+]1C.[2H]C([2H])([2H])c1cc(C)c(-c2cn3ccnc3n2C)[n+](C)c1-c1ccc(C)cc1C.[2H]C([2H])([2H])c1cc[n+](C)c(-c2c(C([2H])([2H])[2H])cc(C)c(-c3cn4ccnc4n3C)[n+]2C)c1. The Balaban J connectivity index is 0.000000139. The van der Waals surface area contributed by atoms with Crippen LogP contribution in [0.4, 0.5) is 0 Å². The van der Waals surface area contributed by atoms with Gasteiger partial charge in [-0.3, -0.25) is 17.6 Å². The van der Waals surface area contributed by atoms with Crippen LogP contribution in [0.15, 0.2) is 165 Å². The second-order valence-corrected chi connectivity index (χ2v) is 27.8. The quantitative estimate of drug-likeness (QED) is 0.141. The molecule has 534 valence electrons. The van der Waals surface area contributed by atoms with E-state index in [9.17, 15) is 0 Å². The van der Waals surface area contributed by atoms with Crippen molar-refractivity contribution >= 4 is 23.1 Å². The third-order valence-corrected chi connectivity index (χ3v) is 20.4. The molecule has 16 rings (SSSR count). The summed E-state index contributed by atoms with van der Waals surface area (Å²) in [6, 6.07) is 26.8. The average Bonchev–Trinajstić information content (AvgIpc) is 1.66. The highest BCUT2D eigenvalue weighted by atomic mass is 15.2. The predicted octanol–water partition coefficient (Wildman–Crippen LogP) is 12.1. The molecule has 0 aliphatic rings. The first-order valence-electron chi connectivity index (χ1n) is 42.2. The first-order chi connectivity index (χ1) is 56.0. The minimum absolute atomic E-state index is 0.0792. The molecule has 0 aliphatic heterocycles. The molecule has 0 N–H and O–H groups in total. The van der Waals surface area contributed by atoms with E-state index in [4.69, 9.17) is 20.6 Å². The molecule has 16 aromatic rings. The molecule has 1 aromatic carbocycles. The molecular weight excluding hydrogens is 1300 g/mol. The molecule has 0 fully saturated rings. The molecule has 105 heavy (non-hydrogen) atoms. The molecule has 0 saturated heterocycles. The van der Waals surface area contributed by atoms with Crippen molar-refractivity contribution < 1.29 is 52.5 Å². The van der Waals surface area contributed by atoms with Gasteiger partial charge in [-0.05, 0) is 150 Å². The van der Waals surface area contributed by atoms with Crippen molar-refractivity contribution in [2.75, 3.05) is 0 Å². The molecule has 0 spiro atoms. The Morgan fingerprint density at radius 3 is 1.23 bits per heavy atom. The standard InChI is InChI=1S/C22H27N5.C22H25N4.2C21H25N5/c1-14-12-15(2)21(26(7)20(14)18-10-8-9-11-24(18)5)19-13-27-17(4)16(3)23-22(27)25(19)6;1-14-7-8-18(15(2)11-14)20-16(3)12-17(4)21(25(20)6)19-13-26-10-9-23-22(26)24(19)5;1-14-7-9-23(4)17(11-14)19-15(2)12-16(3)20(25(19)6)18-13-26-10-8-22-21(26)24(18)5;1-14-7-8-17(23(4)12-14)19-15(2)11-16(3)20(25(19)6)18-13-26-10-9-22-21(26)24(18)5/h8-13H,1-7H3;3*7-13H,1-6H3/q+2;+1;2*+2/i1D3,3D3;3D3;1D3,2D3;. The Morgan fingerprint density at radius 2 is 0.771 bits per heavy atom. The number of rotatable bonds is 8. The minimum Gasteiger partial charge on any atom is -0.308 e. The summed E-state index contributed by atoms with van der Waals surface area (Å²) in [5.41, 5.74) is 24.1. The van der Waals surface area contributed by atoms with E-state index in [2.05, 4.69) is 117 Å². The molecule has 19 heteroatoms. The third kappa shape index (κ3) is 12.6. The van der Waals surface area contributed by atoms with Crippen molar-refractivity contribution in [1.82, 2.24) is 55.8 Å². The summed E-state index contributed by atoms with van der Waals surface area (Å²) in [6.07, 6.45) is 24.8. The van der Waals surface area contributed by atoms with E-state index < -0.39 is 34.3 Å². The van der Waals surface area contributed by atoms with Crippen LogP contribution in [0, 0.1) is 96.6 Å². The van der Waals surface area contributed by atoms with Crippen molar-refractivity contribution in [1.29, 1.82) is 0 Å². The van der Waals surface area contributed by atoms with Gasteiger partial charge in [0.2, 0.25) is 51.6 Å². The Bertz CT molecular complexity index is 6730. The molecule has 0 bridgehead atoms. The number of imidazole rings is 8. The van der Waals surface area contributed by atoms with Crippen LogP contribution in [0.25, 0.3) is 114 Å². The summed E-state index contributed by atoms with van der Waals surface area (Å²) in [5.74, 6) is 3.06. The fraction of sp³-hybridized carbons (Fsp3) is 0.291. The van der Waals surface area contributed by atoms with Crippen molar-refractivity contribution in [3.8, 4) is 91.0 Å². The van der Waals surface area contributed by atoms with Crippen LogP contribution in [-0.4, -0.2) is 55.8 Å². The maximum Gasteiger partial charge on any atom is 0.280 e. The lowest BCUT2D eigenvalue weighted by atomic mass is 9.97. The molecular formula is C86H102N19+7. The second-order valence-electron chi connectivity index (χ2n) is 27.8. The van der Waals surface area contributed by atoms with Gasteiger partial charge in [-0.2, -0.15) is 32.0 Å². The van der Waals surface area contributed by atoms with Crippen molar-refractivity contribution in [3.63, 3.8) is 0 Å². The van der Waals surface area contributed by atoms with E-state index in [1.807, 2.05) is 211 Å². The van der Waals surface area contributed by atoms with Gasteiger partial charge in [-0.1, -0.05) is 17.7 Å². The highest BCUT2D eigenvalue weighted by Gasteiger charge is 2.34. The van der Waals surface area contributed by atoms with Crippen LogP contribution in [0.2, 0.25) is 0 Å². The number of hydrogen-bond donors (Lipinski definition) is 0. The highest BCUT2D eigenvalue weighted by Crippen LogP contribution is 2.34. The summed E-state index contributed by atoms with van der Waals surface area (Å²) >= 11 is 0. The van der Waals surface area contributed by atoms with E-state index in [-0.39, 0.29) is 22.4 Å². The highest BCUT2D eigenvalue weighted by molar-refractivity contribution is 5.70. The van der Waals surface area contributed by atoms with Gasteiger partial charge in [0.1, 0.15) is 72.1 Å². The number of fused-ring (bicyclic) bond motifs is 4. The van der Waals surface area contributed by atoms with Crippen molar-refractivity contribution in [2.45, 2.75) is 96.6 Å². The van der Waals surface area contributed by atoms with Crippen LogP contribution in [0.3, 0.4) is 0 Å². The van der Waals surface area contributed by atoms with E-state index in [1.165, 1.54) is 39.8 Å². The zero-order valence-electron chi connectivity index (χ0n) is 78.6. The topological polar surface area (TPSA) is 116 Å². The van der Waals surface area contributed by atoms with E-state index in [0.29, 0.717) is 34.1 Å². The lowest BCUT2D eigenvalue weighted by Crippen LogP contribution is -2.41. The molecule has 0 aliphatic carbocycles. The van der Waals surface area contributed by atoms with Crippen LogP contribution in [0.5, 0.6) is 0 Å². The van der Waals surface area contributed by atoms with Gasteiger partial charge in [0, 0.05) is 202 Å². The van der Waals surface area contributed by atoms with Crippen molar-refractivity contribution in [2.24, 2.45) is 77.5 Å². The normalized spacial score (nSPS) is 14.2.